The first-order valence-corrected chi connectivity index (χ1v) is 10.5. The molecule has 5 heteroatoms. The minimum absolute atomic E-state index is 0.0146. The molecule has 0 aliphatic heterocycles. The van der Waals surface area contributed by atoms with E-state index in [4.69, 9.17) is 9.15 Å². The molecule has 2 aromatic carbocycles. The molecule has 5 nitrogen and oxygen atoms in total. The largest absolute Gasteiger partial charge is 0.481 e. The van der Waals surface area contributed by atoms with Crippen molar-refractivity contribution in [2.45, 2.75) is 64.6 Å². The molecule has 0 N–H and O–H groups in total. The molecule has 29 heavy (non-hydrogen) atoms. The fraction of sp³-hybridized carbons (Fsp3) is 0.417. The van der Waals surface area contributed by atoms with Crippen molar-refractivity contribution in [3.63, 3.8) is 0 Å². The number of aromatic nitrogens is 1. The molecule has 3 aromatic rings. The van der Waals surface area contributed by atoms with E-state index >= 15 is 0 Å². The minimum Gasteiger partial charge on any atom is -0.481 e. The number of carbonyl (C=O) groups is 1. The van der Waals surface area contributed by atoms with Gasteiger partial charge in [0.15, 0.2) is 11.7 Å². The Morgan fingerprint density at radius 3 is 2.69 bits per heavy atom. The van der Waals surface area contributed by atoms with Crippen LogP contribution >= 0.6 is 0 Å². The summed E-state index contributed by atoms with van der Waals surface area (Å²) in [6.45, 7) is 4.23. The van der Waals surface area contributed by atoms with Crippen LogP contribution in [-0.2, 0) is 11.3 Å². The zero-order chi connectivity index (χ0) is 20.2. The summed E-state index contributed by atoms with van der Waals surface area (Å²) in [5.74, 6) is 1.27. The first-order chi connectivity index (χ1) is 14.1. The molecule has 0 spiro atoms. The quantitative estimate of drug-likeness (QED) is 0.574. The van der Waals surface area contributed by atoms with Crippen molar-refractivity contribution in [2.24, 2.45) is 0 Å². The Hall–Kier alpha value is -2.82. The van der Waals surface area contributed by atoms with Crippen molar-refractivity contribution >= 4 is 17.0 Å². The summed E-state index contributed by atoms with van der Waals surface area (Å²) >= 11 is 0. The van der Waals surface area contributed by atoms with Crippen molar-refractivity contribution in [3.05, 3.63) is 60.0 Å². The second kappa shape index (κ2) is 8.68. The summed E-state index contributed by atoms with van der Waals surface area (Å²) in [7, 11) is 0. The molecule has 1 aliphatic carbocycles. The van der Waals surface area contributed by atoms with Gasteiger partial charge in [-0.1, -0.05) is 43.5 Å². The maximum Gasteiger partial charge on any atom is 0.264 e. The van der Waals surface area contributed by atoms with E-state index in [0.717, 1.165) is 42.3 Å². The third kappa shape index (κ3) is 4.61. The fourth-order valence-corrected chi connectivity index (χ4v) is 4.07. The highest BCUT2D eigenvalue weighted by Gasteiger charge is 2.31. The van der Waals surface area contributed by atoms with Crippen LogP contribution in [0.15, 0.2) is 52.9 Å². The van der Waals surface area contributed by atoms with Gasteiger partial charge in [0, 0.05) is 6.04 Å². The molecule has 1 aromatic heterocycles. The van der Waals surface area contributed by atoms with Crippen LogP contribution in [0, 0.1) is 6.92 Å². The number of ether oxygens (including phenoxy) is 1. The first-order valence-electron chi connectivity index (χ1n) is 10.5. The normalized spacial score (nSPS) is 15.9. The number of aryl methyl sites for hydroxylation is 1. The van der Waals surface area contributed by atoms with Crippen molar-refractivity contribution in [1.29, 1.82) is 0 Å². The molecule has 1 fully saturated rings. The van der Waals surface area contributed by atoms with E-state index in [1.165, 1.54) is 6.42 Å². The number of hydrogen-bond donors (Lipinski definition) is 0. The molecule has 1 amide bonds. The van der Waals surface area contributed by atoms with Crippen molar-refractivity contribution in [2.75, 3.05) is 0 Å². The lowest BCUT2D eigenvalue weighted by Gasteiger charge is -2.35. The lowest BCUT2D eigenvalue weighted by Crippen LogP contribution is -2.46. The number of rotatable bonds is 6. The summed E-state index contributed by atoms with van der Waals surface area (Å²) in [5, 5.41) is 0. The molecular formula is C24H28N2O3. The maximum atomic E-state index is 13.4. The van der Waals surface area contributed by atoms with Gasteiger partial charge in [-0.2, -0.15) is 0 Å². The average Bonchev–Trinajstić information content (AvgIpc) is 3.14. The SMILES string of the molecule is Cc1ccc2oc(CN(C(=O)[C@@H](C)Oc3ccccc3)C3CCCCC3)nc2c1. The number of fused-ring (bicyclic) bond motifs is 1. The number of amides is 1. The van der Waals surface area contributed by atoms with E-state index in [2.05, 4.69) is 4.98 Å². The molecular weight excluding hydrogens is 364 g/mol. The highest BCUT2D eigenvalue weighted by molar-refractivity contribution is 5.81. The Morgan fingerprint density at radius 1 is 1.17 bits per heavy atom. The van der Waals surface area contributed by atoms with Gasteiger partial charge in [-0.15, -0.1) is 0 Å². The molecule has 1 aliphatic rings. The third-order valence-electron chi connectivity index (χ3n) is 5.60. The van der Waals surface area contributed by atoms with Crippen LogP contribution in [0.3, 0.4) is 0 Å². The van der Waals surface area contributed by atoms with Crippen LogP contribution in [0.25, 0.3) is 11.1 Å². The number of nitrogens with zero attached hydrogens (tertiary/aromatic N) is 2. The minimum atomic E-state index is -0.564. The Kier molecular flexibility index (Phi) is 5.84. The molecule has 1 saturated carbocycles. The first kappa shape index (κ1) is 19.5. The van der Waals surface area contributed by atoms with Crippen LogP contribution in [0.5, 0.6) is 5.75 Å². The Bertz CT molecular complexity index is 961. The van der Waals surface area contributed by atoms with Crippen LogP contribution in [0.1, 0.15) is 50.5 Å². The smallest absolute Gasteiger partial charge is 0.264 e. The van der Waals surface area contributed by atoms with Crippen molar-refractivity contribution < 1.29 is 13.9 Å². The summed E-state index contributed by atoms with van der Waals surface area (Å²) in [5.41, 5.74) is 2.74. The van der Waals surface area contributed by atoms with Gasteiger partial charge in [-0.05, 0) is 56.5 Å². The van der Waals surface area contributed by atoms with E-state index in [0.29, 0.717) is 18.2 Å². The maximum absolute atomic E-state index is 13.4. The average molecular weight is 392 g/mol. The van der Waals surface area contributed by atoms with Crippen molar-refractivity contribution in [3.8, 4) is 5.75 Å². The van der Waals surface area contributed by atoms with Gasteiger partial charge in [-0.3, -0.25) is 4.79 Å². The standard InChI is InChI=1S/C24H28N2O3/c1-17-13-14-22-21(15-17)25-23(29-22)16-26(19-9-5-3-6-10-19)24(27)18(2)28-20-11-7-4-8-12-20/h4,7-8,11-15,18-19H,3,5-6,9-10,16H2,1-2H3/t18-/m1/s1. The fourth-order valence-electron chi connectivity index (χ4n) is 4.07. The highest BCUT2D eigenvalue weighted by Crippen LogP contribution is 2.26. The lowest BCUT2D eigenvalue weighted by atomic mass is 9.94. The number of para-hydroxylation sites is 1. The van der Waals surface area contributed by atoms with Crippen LogP contribution in [0.4, 0.5) is 0 Å². The molecule has 1 heterocycles. The summed E-state index contributed by atoms with van der Waals surface area (Å²) in [6.07, 6.45) is 5.00. The summed E-state index contributed by atoms with van der Waals surface area (Å²) in [4.78, 5) is 19.9. The van der Waals surface area contributed by atoms with E-state index in [9.17, 15) is 4.79 Å². The predicted molar refractivity (Wildman–Crippen MR) is 113 cm³/mol. The molecule has 0 bridgehead atoms. The second-order valence-electron chi connectivity index (χ2n) is 7.91. The van der Waals surface area contributed by atoms with Gasteiger partial charge in [0.2, 0.25) is 5.89 Å². The van der Waals surface area contributed by atoms with Crippen molar-refractivity contribution in [1.82, 2.24) is 9.88 Å². The summed E-state index contributed by atoms with van der Waals surface area (Å²) in [6, 6.07) is 15.7. The van der Waals surface area contributed by atoms with E-state index in [1.807, 2.05) is 67.3 Å². The number of oxazole rings is 1. The van der Waals surface area contributed by atoms with E-state index in [-0.39, 0.29) is 11.9 Å². The molecule has 0 radical (unpaired) electrons. The van der Waals surface area contributed by atoms with Crippen LogP contribution < -0.4 is 4.74 Å². The van der Waals surface area contributed by atoms with Crippen LogP contribution in [0.2, 0.25) is 0 Å². The monoisotopic (exact) mass is 392 g/mol. The van der Waals surface area contributed by atoms with Gasteiger partial charge in [-0.25, -0.2) is 4.98 Å². The topological polar surface area (TPSA) is 55.6 Å². The molecule has 0 unspecified atom stereocenters. The van der Waals surface area contributed by atoms with Gasteiger partial charge < -0.3 is 14.1 Å². The van der Waals surface area contributed by atoms with Gasteiger partial charge in [0.05, 0.1) is 6.54 Å². The van der Waals surface area contributed by atoms with E-state index in [1.54, 1.807) is 0 Å². The lowest BCUT2D eigenvalue weighted by molar-refractivity contribution is -0.142. The molecule has 1 atom stereocenters. The Morgan fingerprint density at radius 2 is 1.93 bits per heavy atom. The summed E-state index contributed by atoms with van der Waals surface area (Å²) < 4.78 is 11.9. The zero-order valence-corrected chi connectivity index (χ0v) is 17.1. The Balaban J connectivity index is 1.55. The van der Waals surface area contributed by atoms with E-state index < -0.39 is 6.10 Å². The third-order valence-corrected chi connectivity index (χ3v) is 5.60. The number of hydrogen-bond acceptors (Lipinski definition) is 4. The Labute approximate surface area is 171 Å². The second-order valence-corrected chi connectivity index (χ2v) is 7.91. The van der Waals surface area contributed by atoms with Gasteiger partial charge in [0.25, 0.3) is 5.91 Å². The highest BCUT2D eigenvalue weighted by atomic mass is 16.5. The number of carbonyl (C=O) groups excluding carboxylic acids is 1. The number of benzene rings is 2. The molecule has 0 saturated heterocycles. The molecule has 4 rings (SSSR count). The van der Waals surface area contributed by atoms with Gasteiger partial charge in [0.1, 0.15) is 11.3 Å². The molecule has 152 valence electrons. The zero-order valence-electron chi connectivity index (χ0n) is 17.1. The van der Waals surface area contributed by atoms with Crippen LogP contribution in [-0.4, -0.2) is 27.9 Å². The van der Waals surface area contributed by atoms with Gasteiger partial charge >= 0.3 is 0 Å². The predicted octanol–water partition coefficient (Wildman–Crippen LogP) is 5.27.